The summed E-state index contributed by atoms with van der Waals surface area (Å²) in [6.07, 6.45) is 13.6. The van der Waals surface area contributed by atoms with Crippen molar-refractivity contribution in [3.63, 3.8) is 0 Å². The van der Waals surface area contributed by atoms with E-state index in [1.54, 1.807) is 5.57 Å². The summed E-state index contributed by atoms with van der Waals surface area (Å²) in [7, 11) is 0. The first kappa shape index (κ1) is 8.96. The number of nitrogens with two attached hydrogens (primary N) is 1. The van der Waals surface area contributed by atoms with Crippen molar-refractivity contribution in [3.8, 4) is 0 Å². The van der Waals surface area contributed by atoms with Crippen LogP contribution in [0.1, 0.15) is 51.4 Å². The third kappa shape index (κ3) is 1.42. The predicted molar refractivity (Wildman–Crippen MR) is 58.9 cm³/mol. The van der Waals surface area contributed by atoms with Crippen molar-refractivity contribution in [2.45, 2.75) is 57.4 Å². The van der Waals surface area contributed by atoms with Gasteiger partial charge in [0.05, 0.1) is 0 Å². The zero-order chi connectivity index (χ0) is 9.60. The molecule has 3 aliphatic rings. The number of hydrogen-bond acceptors (Lipinski definition) is 1. The van der Waals surface area contributed by atoms with Gasteiger partial charge in [-0.2, -0.15) is 0 Å². The summed E-state index contributed by atoms with van der Waals surface area (Å²) in [5.41, 5.74) is 8.73. The van der Waals surface area contributed by atoms with Crippen LogP contribution in [0.5, 0.6) is 0 Å². The van der Waals surface area contributed by atoms with E-state index in [1.807, 2.05) is 0 Å². The SMILES string of the molecule is NC(C1=CCCCCC1)C1CC12CC2. The van der Waals surface area contributed by atoms with Crippen LogP contribution in [-0.4, -0.2) is 6.04 Å². The molecule has 2 atom stereocenters. The molecule has 0 aromatic rings. The first-order valence-corrected chi connectivity index (χ1v) is 6.26. The summed E-state index contributed by atoms with van der Waals surface area (Å²) in [5, 5.41) is 0. The average molecular weight is 191 g/mol. The van der Waals surface area contributed by atoms with E-state index in [-0.39, 0.29) is 0 Å². The van der Waals surface area contributed by atoms with Gasteiger partial charge in [-0.15, -0.1) is 0 Å². The van der Waals surface area contributed by atoms with Crippen LogP contribution in [0.15, 0.2) is 11.6 Å². The van der Waals surface area contributed by atoms with E-state index in [9.17, 15) is 0 Å². The fraction of sp³-hybridized carbons (Fsp3) is 0.846. The molecule has 0 aromatic carbocycles. The second-order valence-electron chi connectivity index (χ2n) is 5.58. The maximum Gasteiger partial charge on any atom is 0.0287 e. The summed E-state index contributed by atoms with van der Waals surface area (Å²) in [5.74, 6) is 0.867. The number of rotatable bonds is 2. The summed E-state index contributed by atoms with van der Waals surface area (Å²) in [6.45, 7) is 0. The van der Waals surface area contributed by atoms with Gasteiger partial charge in [-0.05, 0) is 56.3 Å². The highest BCUT2D eigenvalue weighted by molar-refractivity contribution is 5.24. The van der Waals surface area contributed by atoms with Gasteiger partial charge in [0, 0.05) is 6.04 Å². The normalized spacial score (nSPS) is 36.1. The van der Waals surface area contributed by atoms with E-state index in [2.05, 4.69) is 6.08 Å². The quantitative estimate of drug-likeness (QED) is 0.667. The Hall–Kier alpha value is -0.300. The zero-order valence-corrected chi connectivity index (χ0v) is 8.97. The topological polar surface area (TPSA) is 26.0 Å². The molecular formula is C13H21N. The Labute approximate surface area is 86.8 Å². The fourth-order valence-corrected chi connectivity index (χ4v) is 3.22. The molecule has 14 heavy (non-hydrogen) atoms. The molecule has 1 spiro atoms. The Morgan fingerprint density at radius 1 is 1.29 bits per heavy atom. The van der Waals surface area contributed by atoms with Gasteiger partial charge in [0.1, 0.15) is 0 Å². The lowest BCUT2D eigenvalue weighted by atomic mass is 9.97. The first-order chi connectivity index (χ1) is 6.82. The maximum atomic E-state index is 6.37. The largest absolute Gasteiger partial charge is 0.324 e. The highest BCUT2D eigenvalue weighted by Crippen LogP contribution is 2.72. The molecule has 0 heterocycles. The highest BCUT2D eigenvalue weighted by Gasteiger charge is 2.64. The van der Waals surface area contributed by atoms with Crippen LogP contribution in [-0.2, 0) is 0 Å². The molecular weight excluding hydrogens is 170 g/mol. The van der Waals surface area contributed by atoms with Crippen LogP contribution in [0.3, 0.4) is 0 Å². The lowest BCUT2D eigenvalue weighted by molar-refractivity contribution is 0.579. The predicted octanol–water partition coefficient (Wildman–Crippen LogP) is 3.00. The Balaban J connectivity index is 1.65. The lowest BCUT2D eigenvalue weighted by Crippen LogP contribution is -2.26. The van der Waals surface area contributed by atoms with Gasteiger partial charge in [0.2, 0.25) is 0 Å². The minimum atomic E-state index is 0.426. The molecule has 1 heteroatoms. The summed E-state index contributed by atoms with van der Waals surface area (Å²) in [4.78, 5) is 0. The minimum absolute atomic E-state index is 0.426. The molecule has 2 N–H and O–H groups in total. The van der Waals surface area contributed by atoms with Gasteiger partial charge in [0.25, 0.3) is 0 Å². The maximum absolute atomic E-state index is 6.37. The van der Waals surface area contributed by atoms with Crippen molar-refractivity contribution >= 4 is 0 Å². The third-order valence-electron chi connectivity index (χ3n) is 4.58. The van der Waals surface area contributed by atoms with E-state index in [0.29, 0.717) is 6.04 Å². The molecule has 78 valence electrons. The van der Waals surface area contributed by atoms with Gasteiger partial charge >= 0.3 is 0 Å². The van der Waals surface area contributed by atoms with Crippen LogP contribution in [0.4, 0.5) is 0 Å². The molecule has 3 aliphatic carbocycles. The standard InChI is InChI=1S/C13H21N/c14-12(11-9-13(11)7-8-13)10-5-3-1-2-4-6-10/h5,11-12H,1-4,6-9,14H2. The Kier molecular flexibility index (Phi) is 1.98. The second kappa shape index (κ2) is 3.10. The summed E-state index contributed by atoms with van der Waals surface area (Å²) >= 11 is 0. The van der Waals surface area contributed by atoms with Gasteiger partial charge in [-0.25, -0.2) is 0 Å². The second-order valence-corrected chi connectivity index (χ2v) is 5.58. The Morgan fingerprint density at radius 2 is 2.14 bits per heavy atom. The summed E-state index contributed by atoms with van der Waals surface area (Å²) in [6, 6.07) is 0.426. The van der Waals surface area contributed by atoms with Crippen molar-refractivity contribution in [2.24, 2.45) is 17.1 Å². The average Bonchev–Trinajstić information content (AvgIpc) is 3.09. The molecule has 0 saturated heterocycles. The third-order valence-corrected chi connectivity index (χ3v) is 4.58. The molecule has 0 aliphatic heterocycles. The first-order valence-electron chi connectivity index (χ1n) is 6.26. The molecule has 0 amide bonds. The van der Waals surface area contributed by atoms with Crippen LogP contribution < -0.4 is 5.73 Å². The van der Waals surface area contributed by atoms with E-state index < -0.39 is 0 Å². The number of allylic oxidation sites excluding steroid dienone is 1. The molecule has 0 bridgehead atoms. The van der Waals surface area contributed by atoms with E-state index in [1.165, 1.54) is 51.4 Å². The summed E-state index contributed by atoms with van der Waals surface area (Å²) < 4.78 is 0. The fourth-order valence-electron chi connectivity index (χ4n) is 3.22. The smallest absolute Gasteiger partial charge is 0.0287 e. The van der Waals surface area contributed by atoms with Crippen molar-refractivity contribution in [1.29, 1.82) is 0 Å². The molecule has 0 radical (unpaired) electrons. The van der Waals surface area contributed by atoms with Crippen LogP contribution in [0.25, 0.3) is 0 Å². The van der Waals surface area contributed by atoms with Crippen molar-refractivity contribution in [1.82, 2.24) is 0 Å². The van der Waals surface area contributed by atoms with Crippen molar-refractivity contribution < 1.29 is 0 Å². The van der Waals surface area contributed by atoms with Crippen LogP contribution in [0, 0.1) is 11.3 Å². The minimum Gasteiger partial charge on any atom is -0.324 e. The van der Waals surface area contributed by atoms with E-state index in [0.717, 1.165) is 11.3 Å². The highest BCUT2D eigenvalue weighted by atomic mass is 14.8. The van der Waals surface area contributed by atoms with Crippen LogP contribution >= 0.6 is 0 Å². The lowest BCUT2D eigenvalue weighted by Gasteiger charge is -2.15. The van der Waals surface area contributed by atoms with Gasteiger partial charge < -0.3 is 5.73 Å². The van der Waals surface area contributed by atoms with Gasteiger partial charge in [-0.3, -0.25) is 0 Å². The monoisotopic (exact) mass is 191 g/mol. The van der Waals surface area contributed by atoms with Crippen molar-refractivity contribution in [2.75, 3.05) is 0 Å². The molecule has 2 saturated carbocycles. The molecule has 3 rings (SSSR count). The zero-order valence-electron chi connectivity index (χ0n) is 8.97. The molecule has 1 nitrogen and oxygen atoms in total. The number of hydrogen-bond donors (Lipinski definition) is 1. The molecule has 2 unspecified atom stereocenters. The Morgan fingerprint density at radius 3 is 2.86 bits per heavy atom. The van der Waals surface area contributed by atoms with Gasteiger partial charge in [-0.1, -0.05) is 18.1 Å². The van der Waals surface area contributed by atoms with Crippen LogP contribution in [0.2, 0.25) is 0 Å². The van der Waals surface area contributed by atoms with Crippen molar-refractivity contribution in [3.05, 3.63) is 11.6 Å². The van der Waals surface area contributed by atoms with E-state index >= 15 is 0 Å². The Bertz CT molecular complexity index is 262. The molecule has 0 aromatic heterocycles. The molecule has 2 fully saturated rings. The van der Waals surface area contributed by atoms with E-state index in [4.69, 9.17) is 5.73 Å². The van der Waals surface area contributed by atoms with Gasteiger partial charge in [0.15, 0.2) is 0 Å².